The van der Waals surface area contributed by atoms with Gasteiger partial charge >= 0.3 is 8.80 Å². The van der Waals surface area contributed by atoms with E-state index in [9.17, 15) is 0 Å². The third-order valence-corrected chi connectivity index (χ3v) is 12.3. The van der Waals surface area contributed by atoms with Crippen LogP contribution >= 0.6 is 0 Å². The number of rotatable bonds is 9. The highest BCUT2D eigenvalue weighted by Gasteiger charge is 2.38. The van der Waals surface area contributed by atoms with Crippen molar-refractivity contribution in [3.63, 3.8) is 0 Å². The van der Waals surface area contributed by atoms with Crippen LogP contribution in [0.4, 0.5) is 0 Å². The summed E-state index contributed by atoms with van der Waals surface area (Å²) in [6, 6.07) is 11.5. The van der Waals surface area contributed by atoms with Crippen molar-refractivity contribution in [3.8, 4) is 0 Å². The first kappa shape index (κ1) is 19.8. The molecule has 1 aromatic carbocycles. The predicted octanol–water partition coefficient (Wildman–Crippen LogP) is 2.83. The van der Waals surface area contributed by atoms with Crippen LogP contribution in [0.5, 0.6) is 0 Å². The molecule has 6 heteroatoms. The SMILES string of the molecule is CO[Si](CCC[Si](C)(C)c1ccc([Si](C)C)cc1)(OC)OC. The van der Waals surface area contributed by atoms with Crippen molar-refractivity contribution in [2.45, 2.75) is 44.7 Å². The van der Waals surface area contributed by atoms with Crippen molar-refractivity contribution < 1.29 is 13.3 Å². The van der Waals surface area contributed by atoms with Crippen LogP contribution in [-0.2, 0) is 13.3 Å². The molecule has 0 amide bonds. The number of hydrogen-bond donors (Lipinski definition) is 0. The van der Waals surface area contributed by atoms with Gasteiger partial charge in [-0.3, -0.25) is 0 Å². The van der Waals surface area contributed by atoms with Gasteiger partial charge in [-0.05, 0) is 0 Å². The molecule has 0 aliphatic carbocycles. The van der Waals surface area contributed by atoms with Gasteiger partial charge in [0.2, 0.25) is 0 Å². The van der Waals surface area contributed by atoms with Crippen LogP contribution in [0.15, 0.2) is 24.3 Å². The summed E-state index contributed by atoms with van der Waals surface area (Å²) in [5.41, 5.74) is 0. The topological polar surface area (TPSA) is 27.7 Å². The van der Waals surface area contributed by atoms with Gasteiger partial charge in [-0.25, -0.2) is 0 Å². The second kappa shape index (κ2) is 8.56. The van der Waals surface area contributed by atoms with Gasteiger partial charge in [0, 0.05) is 27.4 Å². The molecule has 1 radical (unpaired) electrons. The molecule has 1 aromatic rings. The molecule has 0 bridgehead atoms. The maximum atomic E-state index is 5.51. The van der Waals surface area contributed by atoms with Crippen LogP contribution in [0.25, 0.3) is 0 Å². The molecule has 0 spiro atoms. The lowest BCUT2D eigenvalue weighted by Crippen LogP contribution is -2.45. The fourth-order valence-corrected chi connectivity index (χ4v) is 8.03. The van der Waals surface area contributed by atoms with Gasteiger partial charge in [0.1, 0.15) is 0 Å². The van der Waals surface area contributed by atoms with Crippen molar-refractivity contribution >= 4 is 36.0 Å². The highest BCUT2D eigenvalue weighted by atomic mass is 28.4. The standard InChI is InChI=1S/C16H31O3Si3/c1-17-22(18-2,19-3)14-8-13-21(6,7)16-11-9-15(10-12-16)20(4)5/h9-12H,8,13-14H2,1-7H3. The smallest absolute Gasteiger partial charge is 0.377 e. The largest absolute Gasteiger partial charge is 0.500 e. The van der Waals surface area contributed by atoms with E-state index in [-0.39, 0.29) is 8.80 Å². The Hall–Kier alpha value is -0.249. The van der Waals surface area contributed by atoms with E-state index in [1.807, 2.05) is 0 Å². The summed E-state index contributed by atoms with van der Waals surface area (Å²) in [6.45, 7) is 9.57. The number of benzene rings is 1. The van der Waals surface area contributed by atoms with Gasteiger partial charge in [0.25, 0.3) is 0 Å². The highest BCUT2D eigenvalue weighted by Crippen LogP contribution is 2.21. The van der Waals surface area contributed by atoms with Crippen LogP contribution < -0.4 is 10.4 Å². The fourth-order valence-electron chi connectivity index (χ4n) is 2.70. The molecular weight excluding hydrogens is 324 g/mol. The Morgan fingerprint density at radius 1 is 0.864 bits per heavy atom. The third-order valence-electron chi connectivity index (χ3n) is 4.46. The number of hydrogen-bond acceptors (Lipinski definition) is 3. The van der Waals surface area contributed by atoms with Crippen LogP contribution in [0.3, 0.4) is 0 Å². The summed E-state index contributed by atoms with van der Waals surface area (Å²) >= 11 is 0. The van der Waals surface area contributed by atoms with Crippen molar-refractivity contribution in [1.82, 2.24) is 0 Å². The average molecular weight is 356 g/mol. The summed E-state index contributed by atoms with van der Waals surface area (Å²) in [5, 5.41) is 3.06. The second-order valence-corrected chi connectivity index (χ2v) is 17.1. The van der Waals surface area contributed by atoms with E-state index in [0.29, 0.717) is 0 Å². The molecular formula is C16H31O3Si3. The zero-order valence-corrected chi connectivity index (χ0v) is 18.2. The predicted molar refractivity (Wildman–Crippen MR) is 102 cm³/mol. The average Bonchev–Trinajstić information content (AvgIpc) is 2.52. The molecule has 0 aliphatic rings. The molecule has 125 valence electrons. The fraction of sp³-hybridized carbons (Fsp3) is 0.625. The molecule has 3 nitrogen and oxygen atoms in total. The molecule has 0 saturated carbocycles. The summed E-state index contributed by atoms with van der Waals surface area (Å²) in [4.78, 5) is 0. The molecule has 0 heterocycles. The zero-order valence-electron chi connectivity index (χ0n) is 15.2. The van der Waals surface area contributed by atoms with E-state index in [1.54, 1.807) is 26.5 Å². The lowest BCUT2D eigenvalue weighted by atomic mass is 10.4. The van der Waals surface area contributed by atoms with Gasteiger partial charge < -0.3 is 13.3 Å². The van der Waals surface area contributed by atoms with Crippen LogP contribution in [0.1, 0.15) is 6.42 Å². The monoisotopic (exact) mass is 355 g/mol. The molecule has 0 unspecified atom stereocenters. The van der Waals surface area contributed by atoms with Crippen molar-refractivity contribution in [3.05, 3.63) is 24.3 Å². The molecule has 1 rings (SSSR count). The lowest BCUT2D eigenvalue weighted by molar-refractivity contribution is 0.123. The Labute approximate surface area is 140 Å². The van der Waals surface area contributed by atoms with Gasteiger partial charge in [-0.15, -0.1) is 0 Å². The highest BCUT2D eigenvalue weighted by molar-refractivity contribution is 6.90. The van der Waals surface area contributed by atoms with Crippen molar-refractivity contribution in [2.24, 2.45) is 0 Å². The molecule has 0 N–H and O–H groups in total. The van der Waals surface area contributed by atoms with E-state index in [0.717, 1.165) is 12.5 Å². The maximum absolute atomic E-state index is 5.51. The van der Waals surface area contributed by atoms with Crippen LogP contribution in [0, 0.1) is 0 Å². The molecule has 0 atom stereocenters. The maximum Gasteiger partial charge on any atom is 0.500 e. The van der Waals surface area contributed by atoms with Crippen LogP contribution in [0.2, 0.25) is 38.3 Å². The van der Waals surface area contributed by atoms with E-state index in [4.69, 9.17) is 13.3 Å². The quantitative estimate of drug-likeness (QED) is 0.638. The van der Waals surface area contributed by atoms with E-state index < -0.39 is 16.9 Å². The second-order valence-electron chi connectivity index (χ2n) is 6.61. The third kappa shape index (κ3) is 5.14. The summed E-state index contributed by atoms with van der Waals surface area (Å²) in [6.07, 6.45) is 1.10. The Balaban J connectivity index is 2.67. The lowest BCUT2D eigenvalue weighted by Gasteiger charge is -2.27. The molecule has 0 aromatic heterocycles. The first-order chi connectivity index (χ1) is 10.3. The van der Waals surface area contributed by atoms with Crippen molar-refractivity contribution in [1.29, 1.82) is 0 Å². The molecule has 22 heavy (non-hydrogen) atoms. The van der Waals surface area contributed by atoms with Gasteiger partial charge in [-0.2, -0.15) is 0 Å². The Morgan fingerprint density at radius 3 is 1.77 bits per heavy atom. The van der Waals surface area contributed by atoms with Gasteiger partial charge in [-0.1, -0.05) is 73.3 Å². The summed E-state index contributed by atoms with van der Waals surface area (Å²) in [7, 11) is 0.897. The van der Waals surface area contributed by atoms with E-state index >= 15 is 0 Å². The van der Waals surface area contributed by atoms with Crippen molar-refractivity contribution in [2.75, 3.05) is 21.3 Å². The molecule has 0 aliphatic heterocycles. The van der Waals surface area contributed by atoms with E-state index in [2.05, 4.69) is 50.5 Å². The normalized spacial score (nSPS) is 12.9. The van der Waals surface area contributed by atoms with Gasteiger partial charge in [0.15, 0.2) is 0 Å². The minimum absolute atomic E-state index is 0.348. The minimum atomic E-state index is -2.42. The summed E-state index contributed by atoms with van der Waals surface area (Å²) in [5.74, 6) is 0. The minimum Gasteiger partial charge on any atom is -0.377 e. The van der Waals surface area contributed by atoms with Gasteiger partial charge in [0.05, 0.1) is 16.9 Å². The molecule has 0 saturated heterocycles. The summed E-state index contributed by atoms with van der Waals surface area (Å²) < 4.78 is 16.5. The zero-order chi connectivity index (χ0) is 16.8. The molecule has 0 fully saturated rings. The first-order valence-electron chi connectivity index (χ1n) is 7.87. The van der Waals surface area contributed by atoms with Crippen LogP contribution in [-0.4, -0.2) is 47.0 Å². The Morgan fingerprint density at radius 2 is 1.36 bits per heavy atom. The Bertz CT molecular complexity index is 434. The first-order valence-corrected chi connectivity index (χ1v) is 15.5. The Kier molecular flexibility index (Phi) is 7.70. The van der Waals surface area contributed by atoms with E-state index in [1.165, 1.54) is 11.2 Å².